The summed E-state index contributed by atoms with van der Waals surface area (Å²) >= 11 is 0. The van der Waals surface area contributed by atoms with Gasteiger partial charge in [-0.25, -0.2) is 4.68 Å². The molecule has 2 aromatic heterocycles. The van der Waals surface area contributed by atoms with Crippen LogP contribution in [0.15, 0.2) is 48.8 Å². The van der Waals surface area contributed by atoms with Crippen LogP contribution >= 0.6 is 0 Å². The number of rotatable bonds is 3. The molecular formula is C19H17N5. The van der Waals surface area contributed by atoms with E-state index < -0.39 is 0 Å². The lowest BCUT2D eigenvalue weighted by atomic mass is 10.0. The molecular weight excluding hydrogens is 298 g/mol. The molecule has 0 spiro atoms. The Morgan fingerprint density at radius 2 is 2.08 bits per heavy atom. The van der Waals surface area contributed by atoms with E-state index in [0.717, 1.165) is 42.0 Å². The quantitative estimate of drug-likeness (QED) is 0.807. The Kier molecular flexibility index (Phi) is 3.81. The maximum absolute atomic E-state index is 8.81. The van der Waals surface area contributed by atoms with E-state index in [4.69, 9.17) is 10.4 Å². The van der Waals surface area contributed by atoms with Crippen LogP contribution in [0.2, 0.25) is 0 Å². The summed E-state index contributed by atoms with van der Waals surface area (Å²) < 4.78 is 2.04. The molecule has 24 heavy (non-hydrogen) atoms. The van der Waals surface area contributed by atoms with Crippen molar-refractivity contribution in [3.05, 3.63) is 65.6 Å². The molecule has 5 nitrogen and oxygen atoms in total. The Bertz CT molecular complexity index is 888. The third kappa shape index (κ3) is 2.57. The van der Waals surface area contributed by atoms with Crippen molar-refractivity contribution in [1.29, 1.82) is 5.26 Å². The average molecular weight is 315 g/mol. The van der Waals surface area contributed by atoms with E-state index in [-0.39, 0.29) is 0 Å². The van der Waals surface area contributed by atoms with Crippen LogP contribution in [-0.4, -0.2) is 21.3 Å². The van der Waals surface area contributed by atoms with E-state index in [9.17, 15) is 0 Å². The topological polar surface area (TPSA) is 66.5 Å². The van der Waals surface area contributed by atoms with Crippen LogP contribution in [0.4, 0.5) is 0 Å². The van der Waals surface area contributed by atoms with Crippen LogP contribution in [-0.2, 0) is 19.4 Å². The second-order valence-corrected chi connectivity index (χ2v) is 5.86. The van der Waals surface area contributed by atoms with E-state index >= 15 is 0 Å². The number of nitriles is 1. The fraction of sp³-hybridized carbons (Fsp3) is 0.211. The summed E-state index contributed by atoms with van der Waals surface area (Å²) in [6.45, 7) is 1.78. The molecule has 5 heteroatoms. The highest BCUT2D eigenvalue weighted by Gasteiger charge is 2.22. The molecule has 1 aliphatic heterocycles. The summed E-state index contributed by atoms with van der Waals surface area (Å²) in [5.74, 6) is 0. The Morgan fingerprint density at radius 3 is 2.83 bits per heavy atom. The Hall–Kier alpha value is -2.97. The van der Waals surface area contributed by atoms with Gasteiger partial charge in [-0.05, 0) is 29.8 Å². The fourth-order valence-corrected chi connectivity index (χ4v) is 3.14. The van der Waals surface area contributed by atoms with Crippen molar-refractivity contribution in [3.63, 3.8) is 0 Å². The molecule has 0 amide bonds. The van der Waals surface area contributed by atoms with E-state index in [1.54, 1.807) is 6.20 Å². The Morgan fingerprint density at radius 1 is 1.21 bits per heavy atom. The number of aromatic nitrogens is 3. The number of nitrogens with zero attached hydrogens (tertiary/aromatic N) is 4. The second-order valence-electron chi connectivity index (χ2n) is 5.86. The molecule has 0 saturated heterocycles. The first kappa shape index (κ1) is 14.6. The van der Waals surface area contributed by atoms with Crippen molar-refractivity contribution in [2.24, 2.45) is 0 Å². The summed E-state index contributed by atoms with van der Waals surface area (Å²) in [5.41, 5.74) is 6.58. The predicted molar refractivity (Wildman–Crippen MR) is 91.5 cm³/mol. The molecule has 0 fully saturated rings. The van der Waals surface area contributed by atoms with E-state index in [0.29, 0.717) is 6.42 Å². The van der Waals surface area contributed by atoms with Gasteiger partial charge in [-0.3, -0.25) is 4.98 Å². The maximum Gasteiger partial charge on any atom is 0.0990 e. The Balaban J connectivity index is 1.81. The number of pyridine rings is 1. The van der Waals surface area contributed by atoms with Gasteiger partial charge in [-0.1, -0.05) is 12.1 Å². The van der Waals surface area contributed by atoms with Crippen molar-refractivity contribution in [1.82, 2.24) is 20.1 Å². The van der Waals surface area contributed by atoms with Gasteiger partial charge < -0.3 is 5.32 Å². The molecule has 1 aromatic carbocycles. The SMILES string of the molecule is N#CCc1ccc(-n2nc(-c3cccnc3)c3c2CCNC3)cc1. The van der Waals surface area contributed by atoms with Crippen LogP contribution in [0.3, 0.4) is 0 Å². The molecule has 4 rings (SSSR count). The lowest BCUT2D eigenvalue weighted by molar-refractivity contribution is 0.623. The smallest absolute Gasteiger partial charge is 0.0990 e. The first-order chi connectivity index (χ1) is 11.9. The van der Waals surface area contributed by atoms with Crippen LogP contribution in [0.1, 0.15) is 16.8 Å². The van der Waals surface area contributed by atoms with Gasteiger partial charge in [0.2, 0.25) is 0 Å². The molecule has 1 N–H and O–H groups in total. The largest absolute Gasteiger partial charge is 0.312 e. The summed E-state index contributed by atoms with van der Waals surface area (Å²) in [4.78, 5) is 4.22. The van der Waals surface area contributed by atoms with Crippen LogP contribution < -0.4 is 5.32 Å². The van der Waals surface area contributed by atoms with Crippen LogP contribution in [0, 0.1) is 11.3 Å². The average Bonchev–Trinajstić information content (AvgIpc) is 3.03. The van der Waals surface area contributed by atoms with Crippen LogP contribution in [0.5, 0.6) is 0 Å². The zero-order valence-corrected chi connectivity index (χ0v) is 13.2. The third-order valence-electron chi connectivity index (χ3n) is 4.33. The maximum atomic E-state index is 8.81. The minimum Gasteiger partial charge on any atom is -0.312 e. The van der Waals surface area contributed by atoms with Gasteiger partial charge in [-0.15, -0.1) is 0 Å². The normalized spacial score (nSPS) is 13.3. The highest BCUT2D eigenvalue weighted by atomic mass is 15.3. The monoisotopic (exact) mass is 315 g/mol. The van der Waals surface area contributed by atoms with Crippen molar-refractivity contribution >= 4 is 0 Å². The van der Waals surface area contributed by atoms with Crippen molar-refractivity contribution in [3.8, 4) is 23.0 Å². The number of hydrogen-bond acceptors (Lipinski definition) is 4. The minimum atomic E-state index is 0.433. The number of benzene rings is 1. The molecule has 1 aliphatic rings. The lowest BCUT2D eigenvalue weighted by Gasteiger charge is -2.15. The van der Waals surface area contributed by atoms with Gasteiger partial charge in [0.1, 0.15) is 0 Å². The van der Waals surface area contributed by atoms with Gasteiger partial charge >= 0.3 is 0 Å². The van der Waals surface area contributed by atoms with Gasteiger partial charge in [0, 0.05) is 43.0 Å². The number of fused-ring (bicyclic) bond motifs is 1. The zero-order valence-electron chi connectivity index (χ0n) is 13.2. The highest BCUT2D eigenvalue weighted by molar-refractivity contribution is 5.64. The first-order valence-corrected chi connectivity index (χ1v) is 8.05. The van der Waals surface area contributed by atoms with Crippen molar-refractivity contribution in [2.45, 2.75) is 19.4 Å². The van der Waals surface area contributed by atoms with E-state index in [2.05, 4.69) is 16.4 Å². The fourth-order valence-electron chi connectivity index (χ4n) is 3.14. The van der Waals surface area contributed by atoms with Gasteiger partial charge in [0.05, 0.1) is 29.6 Å². The number of nitrogens with one attached hydrogen (secondary N) is 1. The number of hydrogen-bond donors (Lipinski definition) is 1. The zero-order chi connectivity index (χ0) is 16.4. The molecule has 3 aromatic rings. The van der Waals surface area contributed by atoms with E-state index in [1.165, 1.54) is 11.3 Å². The molecule has 118 valence electrons. The standard InChI is InChI=1S/C19H17N5/c20-9-7-14-3-5-16(6-4-14)24-18-8-11-22-13-17(18)19(23-24)15-2-1-10-21-12-15/h1-6,10,12,22H,7-8,11,13H2. The van der Waals surface area contributed by atoms with Gasteiger partial charge in [0.25, 0.3) is 0 Å². The molecule has 3 heterocycles. The molecule has 0 aliphatic carbocycles. The molecule has 0 radical (unpaired) electrons. The van der Waals surface area contributed by atoms with E-state index in [1.807, 2.05) is 47.3 Å². The van der Waals surface area contributed by atoms with Gasteiger partial charge in [0.15, 0.2) is 0 Å². The predicted octanol–water partition coefficient (Wildman–Crippen LogP) is 2.65. The summed E-state index contributed by atoms with van der Waals surface area (Å²) in [7, 11) is 0. The molecule has 0 atom stereocenters. The van der Waals surface area contributed by atoms with Crippen molar-refractivity contribution < 1.29 is 0 Å². The summed E-state index contributed by atoms with van der Waals surface area (Å²) in [6, 6.07) is 14.2. The highest BCUT2D eigenvalue weighted by Crippen LogP contribution is 2.29. The third-order valence-corrected chi connectivity index (χ3v) is 4.33. The van der Waals surface area contributed by atoms with Crippen LogP contribution in [0.25, 0.3) is 16.9 Å². The summed E-state index contributed by atoms with van der Waals surface area (Å²) in [5, 5.41) is 17.1. The minimum absolute atomic E-state index is 0.433. The molecule has 0 unspecified atom stereocenters. The van der Waals surface area contributed by atoms with Gasteiger partial charge in [-0.2, -0.15) is 10.4 Å². The first-order valence-electron chi connectivity index (χ1n) is 8.05. The molecule has 0 saturated carbocycles. The van der Waals surface area contributed by atoms with Crippen molar-refractivity contribution in [2.75, 3.05) is 6.54 Å². The lowest BCUT2D eigenvalue weighted by Crippen LogP contribution is -2.24. The molecule has 0 bridgehead atoms. The Labute approximate surface area is 140 Å². The second kappa shape index (κ2) is 6.26. The summed E-state index contributed by atoms with van der Waals surface area (Å²) in [6.07, 6.45) is 5.02.